The fourth-order valence-electron chi connectivity index (χ4n) is 2.56. The van der Waals surface area contributed by atoms with Gasteiger partial charge < -0.3 is 5.32 Å². The molecule has 2 aromatic rings. The van der Waals surface area contributed by atoms with Gasteiger partial charge in [0.15, 0.2) is 0 Å². The number of benzene rings is 2. The number of carbonyl (C=O) groups is 1. The van der Waals surface area contributed by atoms with E-state index in [2.05, 4.69) is 5.32 Å². The highest BCUT2D eigenvalue weighted by Crippen LogP contribution is 2.22. The Bertz CT molecular complexity index is 853. The van der Waals surface area contributed by atoms with Gasteiger partial charge in [-0.2, -0.15) is 0 Å². The van der Waals surface area contributed by atoms with Crippen molar-refractivity contribution >= 4 is 21.6 Å². The molecular formula is C18H20F2N2O3S. The molecule has 0 fully saturated rings. The third-order valence-electron chi connectivity index (χ3n) is 3.79. The molecule has 1 amide bonds. The maximum atomic E-state index is 13.2. The number of halogens is 2. The van der Waals surface area contributed by atoms with Gasteiger partial charge in [0, 0.05) is 6.54 Å². The first kappa shape index (κ1) is 19.8. The summed E-state index contributed by atoms with van der Waals surface area (Å²) in [5, 5.41) is 2.66. The van der Waals surface area contributed by atoms with Crippen LogP contribution in [0, 0.1) is 11.6 Å². The smallest absolute Gasteiger partial charge is 0.244 e. The molecule has 1 N–H and O–H groups in total. The summed E-state index contributed by atoms with van der Waals surface area (Å²) in [7, 11) is -3.78. The second-order valence-corrected chi connectivity index (χ2v) is 7.66. The average molecular weight is 382 g/mol. The number of amides is 1. The van der Waals surface area contributed by atoms with Crippen LogP contribution in [0.5, 0.6) is 0 Å². The van der Waals surface area contributed by atoms with Crippen LogP contribution in [0.4, 0.5) is 14.5 Å². The van der Waals surface area contributed by atoms with Gasteiger partial charge in [0.05, 0.1) is 11.9 Å². The van der Waals surface area contributed by atoms with E-state index in [-0.39, 0.29) is 24.5 Å². The van der Waals surface area contributed by atoms with Gasteiger partial charge in [0.2, 0.25) is 15.9 Å². The zero-order valence-electron chi connectivity index (χ0n) is 14.4. The molecule has 5 nitrogen and oxygen atoms in total. The van der Waals surface area contributed by atoms with E-state index in [9.17, 15) is 22.0 Å². The summed E-state index contributed by atoms with van der Waals surface area (Å²) >= 11 is 0. The molecule has 8 heteroatoms. The highest BCUT2D eigenvalue weighted by atomic mass is 32.2. The first-order valence-electron chi connectivity index (χ1n) is 7.99. The molecule has 0 aliphatic rings. The van der Waals surface area contributed by atoms with Crippen molar-refractivity contribution in [2.75, 3.05) is 10.6 Å². The van der Waals surface area contributed by atoms with Crippen LogP contribution in [0.15, 0.2) is 48.5 Å². The summed E-state index contributed by atoms with van der Waals surface area (Å²) in [5.74, 6) is -1.38. The Balaban J connectivity index is 2.22. The Kier molecular flexibility index (Phi) is 6.31. The molecule has 0 heterocycles. The van der Waals surface area contributed by atoms with Gasteiger partial charge in [-0.15, -0.1) is 0 Å². The van der Waals surface area contributed by atoms with E-state index >= 15 is 0 Å². The van der Waals surface area contributed by atoms with E-state index in [1.165, 1.54) is 36.4 Å². The second-order valence-electron chi connectivity index (χ2n) is 5.80. The molecular weight excluding hydrogens is 362 g/mol. The van der Waals surface area contributed by atoms with Crippen molar-refractivity contribution in [3.05, 3.63) is 65.7 Å². The lowest BCUT2D eigenvalue weighted by Crippen LogP contribution is -2.49. The molecule has 2 rings (SSSR count). The van der Waals surface area contributed by atoms with Crippen LogP contribution in [0.2, 0.25) is 0 Å². The fraction of sp³-hybridized carbons (Fsp3) is 0.278. The summed E-state index contributed by atoms with van der Waals surface area (Å²) < 4.78 is 51.6. The molecule has 1 atom stereocenters. The molecule has 0 saturated heterocycles. The van der Waals surface area contributed by atoms with E-state index in [0.29, 0.717) is 5.56 Å². The van der Waals surface area contributed by atoms with Crippen molar-refractivity contribution in [1.82, 2.24) is 5.32 Å². The largest absolute Gasteiger partial charge is 0.350 e. The number of anilines is 1. The Labute approximate surface area is 151 Å². The maximum Gasteiger partial charge on any atom is 0.244 e. The van der Waals surface area contributed by atoms with E-state index in [1.807, 2.05) is 0 Å². The van der Waals surface area contributed by atoms with Crippen LogP contribution in [0.3, 0.4) is 0 Å². The Morgan fingerprint density at radius 2 is 1.54 bits per heavy atom. The Morgan fingerprint density at radius 3 is 2.00 bits per heavy atom. The second kappa shape index (κ2) is 8.27. The number of hydrogen-bond acceptors (Lipinski definition) is 3. The van der Waals surface area contributed by atoms with Gasteiger partial charge in [-0.25, -0.2) is 17.2 Å². The normalized spacial score (nSPS) is 12.5. The van der Waals surface area contributed by atoms with Gasteiger partial charge in [-0.1, -0.05) is 19.1 Å². The van der Waals surface area contributed by atoms with Gasteiger partial charge >= 0.3 is 0 Å². The van der Waals surface area contributed by atoms with Crippen LogP contribution in [0.25, 0.3) is 0 Å². The predicted octanol–water partition coefficient (Wildman–Crippen LogP) is 2.83. The van der Waals surface area contributed by atoms with Crippen molar-refractivity contribution in [3.63, 3.8) is 0 Å². The molecule has 0 radical (unpaired) electrons. The van der Waals surface area contributed by atoms with E-state index < -0.39 is 27.8 Å². The van der Waals surface area contributed by atoms with Crippen molar-refractivity contribution in [1.29, 1.82) is 0 Å². The molecule has 26 heavy (non-hydrogen) atoms. The Morgan fingerprint density at radius 1 is 1.04 bits per heavy atom. The number of nitrogens with one attached hydrogen (secondary N) is 1. The van der Waals surface area contributed by atoms with Gasteiger partial charge in [0.1, 0.15) is 17.7 Å². The lowest BCUT2D eigenvalue weighted by molar-refractivity contribution is -0.122. The summed E-state index contributed by atoms with van der Waals surface area (Å²) in [6.45, 7) is 1.82. The number of carbonyl (C=O) groups excluding carboxylic acids is 1. The highest BCUT2D eigenvalue weighted by molar-refractivity contribution is 7.92. The van der Waals surface area contributed by atoms with E-state index in [4.69, 9.17) is 0 Å². The molecule has 0 aromatic heterocycles. The Hall–Kier alpha value is -2.48. The molecule has 0 saturated carbocycles. The van der Waals surface area contributed by atoms with Crippen molar-refractivity contribution in [2.24, 2.45) is 0 Å². The lowest BCUT2D eigenvalue weighted by Gasteiger charge is -2.30. The summed E-state index contributed by atoms with van der Waals surface area (Å²) in [6.07, 6.45) is 1.21. The van der Waals surface area contributed by atoms with Gasteiger partial charge in [-0.05, 0) is 48.4 Å². The quantitative estimate of drug-likeness (QED) is 0.801. The molecule has 0 unspecified atom stereocenters. The maximum absolute atomic E-state index is 13.2. The summed E-state index contributed by atoms with van der Waals surface area (Å²) in [5.41, 5.74) is 0.889. The third-order valence-corrected chi connectivity index (χ3v) is 4.97. The molecule has 0 spiro atoms. The van der Waals surface area contributed by atoms with Gasteiger partial charge in [-0.3, -0.25) is 9.10 Å². The molecule has 0 aliphatic carbocycles. The number of hydrogen-bond donors (Lipinski definition) is 1. The summed E-state index contributed by atoms with van der Waals surface area (Å²) in [4.78, 5) is 12.6. The van der Waals surface area contributed by atoms with Crippen molar-refractivity contribution in [2.45, 2.75) is 25.9 Å². The van der Waals surface area contributed by atoms with Crippen molar-refractivity contribution < 1.29 is 22.0 Å². The van der Waals surface area contributed by atoms with E-state index in [0.717, 1.165) is 22.7 Å². The zero-order chi connectivity index (χ0) is 19.3. The minimum Gasteiger partial charge on any atom is -0.350 e. The van der Waals surface area contributed by atoms with Crippen LogP contribution in [0.1, 0.15) is 18.9 Å². The van der Waals surface area contributed by atoms with Crippen LogP contribution in [-0.4, -0.2) is 26.6 Å². The first-order chi connectivity index (χ1) is 12.2. The van der Waals surface area contributed by atoms with Crippen LogP contribution < -0.4 is 9.62 Å². The number of rotatable bonds is 7. The van der Waals surface area contributed by atoms with Crippen LogP contribution >= 0.6 is 0 Å². The highest BCUT2D eigenvalue weighted by Gasteiger charge is 2.31. The van der Waals surface area contributed by atoms with Crippen LogP contribution in [-0.2, 0) is 21.4 Å². The molecule has 0 aliphatic heterocycles. The molecule has 140 valence electrons. The molecule has 0 bridgehead atoms. The summed E-state index contributed by atoms with van der Waals surface area (Å²) in [6, 6.07) is 9.53. The topological polar surface area (TPSA) is 66.5 Å². The minimum absolute atomic E-state index is 0.136. The minimum atomic E-state index is -3.78. The lowest BCUT2D eigenvalue weighted by atomic mass is 10.1. The van der Waals surface area contributed by atoms with E-state index in [1.54, 1.807) is 6.92 Å². The monoisotopic (exact) mass is 382 g/mol. The zero-order valence-corrected chi connectivity index (χ0v) is 15.3. The average Bonchev–Trinajstić information content (AvgIpc) is 2.59. The van der Waals surface area contributed by atoms with Gasteiger partial charge in [0.25, 0.3) is 0 Å². The fourth-order valence-corrected chi connectivity index (χ4v) is 3.77. The third kappa shape index (κ3) is 5.01. The molecule has 2 aromatic carbocycles. The SMILES string of the molecule is CC[C@@H](C(=O)NCc1ccc(F)cc1)N(c1ccc(F)cc1)S(C)(=O)=O. The number of sulfonamides is 1. The first-order valence-corrected chi connectivity index (χ1v) is 9.84. The predicted molar refractivity (Wildman–Crippen MR) is 96.0 cm³/mol. The van der Waals surface area contributed by atoms with Crippen molar-refractivity contribution in [3.8, 4) is 0 Å². The number of nitrogens with zero attached hydrogens (tertiary/aromatic N) is 1. The standard InChI is InChI=1S/C18H20F2N2O3S/c1-3-17(18(23)21-12-13-4-6-14(19)7-5-13)22(26(2,24)25)16-10-8-15(20)9-11-16/h4-11,17H,3,12H2,1-2H3,(H,21,23)/t17-/m0/s1.